The number of fused-ring (bicyclic) bond motifs is 1. The Morgan fingerprint density at radius 3 is 2.86 bits per heavy atom. The standard InChI is InChI=1S/C15H10BrClN2OS/c1-8-2-3-9(6-11(8)16)14(20)19-15-18-12-5-4-10(17)7-13(12)21-15/h2-7H,1H3,(H,18,19,20). The molecule has 0 atom stereocenters. The van der Waals surface area contributed by atoms with Crippen LogP contribution in [0.3, 0.4) is 0 Å². The van der Waals surface area contributed by atoms with Crippen molar-refractivity contribution >= 4 is 60.1 Å². The molecule has 3 nitrogen and oxygen atoms in total. The van der Waals surface area contributed by atoms with E-state index in [9.17, 15) is 4.79 Å². The smallest absolute Gasteiger partial charge is 0.257 e. The van der Waals surface area contributed by atoms with E-state index in [1.54, 1.807) is 18.2 Å². The van der Waals surface area contributed by atoms with Gasteiger partial charge in [-0.1, -0.05) is 44.9 Å². The number of nitrogens with one attached hydrogen (secondary N) is 1. The lowest BCUT2D eigenvalue weighted by atomic mass is 10.1. The summed E-state index contributed by atoms with van der Waals surface area (Å²) in [5.74, 6) is -0.180. The van der Waals surface area contributed by atoms with Crippen LogP contribution in [0.4, 0.5) is 5.13 Å². The van der Waals surface area contributed by atoms with Gasteiger partial charge in [0.25, 0.3) is 5.91 Å². The number of aromatic nitrogens is 1. The van der Waals surface area contributed by atoms with Crippen LogP contribution in [-0.2, 0) is 0 Å². The second-order valence-electron chi connectivity index (χ2n) is 4.55. The molecule has 0 bridgehead atoms. The minimum Gasteiger partial charge on any atom is -0.298 e. The molecule has 0 aliphatic heterocycles. The zero-order chi connectivity index (χ0) is 15.0. The van der Waals surface area contributed by atoms with Gasteiger partial charge in [0.15, 0.2) is 5.13 Å². The van der Waals surface area contributed by atoms with Gasteiger partial charge in [-0.25, -0.2) is 4.98 Å². The number of aryl methyl sites for hydroxylation is 1. The van der Waals surface area contributed by atoms with E-state index in [1.165, 1.54) is 11.3 Å². The molecule has 0 saturated heterocycles. The summed E-state index contributed by atoms with van der Waals surface area (Å²) in [6.45, 7) is 1.98. The van der Waals surface area contributed by atoms with Gasteiger partial charge in [-0.2, -0.15) is 0 Å². The number of carbonyl (C=O) groups excluding carboxylic acids is 1. The highest BCUT2D eigenvalue weighted by Crippen LogP contribution is 2.28. The van der Waals surface area contributed by atoms with E-state index < -0.39 is 0 Å². The molecule has 0 fully saturated rings. The first-order chi connectivity index (χ1) is 10.0. The molecule has 0 aliphatic rings. The van der Waals surface area contributed by atoms with Crippen molar-refractivity contribution in [1.29, 1.82) is 0 Å². The Kier molecular flexibility index (Phi) is 3.97. The fourth-order valence-electron chi connectivity index (χ4n) is 1.86. The molecule has 3 rings (SSSR count). The number of halogens is 2. The minimum absolute atomic E-state index is 0.180. The zero-order valence-electron chi connectivity index (χ0n) is 11.0. The molecule has 0 saturated carbocycles. The normalized spacial score (nSPS) is 10.8. The number of rotatable bonds is 2. The Bertz CT molecular complexity index is 847. The maximum absolute atomic E-state index is 12.2. The first kappa shape index (κ1) is 14.5. The van der Waals surface area contributed by atoms with Crippen molar-refractivity contribution < 1.29 is 4.79 Å². The van der Waals surface area contributed by atoms with Crippen LogP contribution in [0.5, 0.6) is 0 Å². The van der Waals surface area contributed by atoms with Crippen LogP contribution in [0.15, 0.2) is 40.9 Å². The van der Waals surface area contributed by atoms with Crippen molar-refractivity contribution in [3.8, 4) is 0 Å². The Balaban J connectivity index is 1.87. The van der Waals surface area contributed by atoms with Gasteiger partial charge in [-0.3, -0.25) is 10.1 Å². The van der Waals surface area contributed by atoms with Gasteiger partial charge < -0.3 is 0 Å². The number of amides is 1. The van der Waals surface area contributed by atoms with Crippen LogP contribution >= 0.6 is 38.9 Å². The van der Waals surface area contributed by atoms with Crippen molar-refractivity contribution in [2.45, 2.75) is 6.92 Å². The molecule has 1 N–H and O–H groups in total. The van der Waals surface area contributed by atoms with Crippen molar-refractivity contribution in [2.24, 2.45) is 0 Å². The molecular weight excluding hydrogens is 372 g/mol. The molecular formula is C15H10BrClN2OS. The fraction of sp³-hybridized carbons (Fsp3) is 0.0667. The van der Waals surface area contributed by atoms with E-state index in [4.69, 9.17) is 11.6 Å². The number of thiazole rings is 1. The third-order valence-electron chi connectivity index (χ3n) is 3.00. The predicted molar refractivity (Wildman–Crippen MR) is 91.5 cm³/mol. The van der Waals surface area contributed by atoms with Gasteiger partial charge in [0.1, 0.15) is 0 Å². The molecule has 1 amide bonds. The Morgan fingerprint density at radius 1 is 1.29 bits per heavy atom. The summed E-state index contributed by atoms with van der Waals surface area (Å²) < 4.78 is 1.86. The number of carbonyl (C=O) groups is 1. The third kappa shape index (κ3) is 3.10. The largest absolute Gasteiger partial charge is 0.298 e. The first-order valence-electron chi connectivity index (χ1n) is 6.16. The highest BCUT2D eigenvalue weighted by atomic mass is 79.9. The summed E-state index contributed by atoms with van der Waals surface area (Å²) in [6, 6.07) is 11.0. The van der Waals surface area contributed by atoms with Crippen LogP contribution < -0.4 is 5.32 Å². The molecule has 2 aromatic carbocycles. The molecule has 0 spiro atoms. The Morgan fingerprint density at radius 2 is 2.10 bits per heavy atom. The average Bonchev–Trinajstić information content (AvgIpc) is 2.83. The molecule has 0 radical (unpaired) electrons. The van der Waals surface area contributed by atoms with E-state index in [1.807, 2.05) is 25.1 Å². The van der Waals surface area contributed by atoms with Gasteiger partial charge >= 0.3 is 0 Å². The summed E-state index contributed by atoms with van der Waals surface area (Å²) in [4.78, 5) is 16.6. The van der Waals surface area contributed by atoms with Crippen molar-refractivity contribution in [2.75, 3.05) is 5.32 Å². The summed E-state index contributed by atoms with van der Waals surface area (Å²) in [5.41, 5.74) is 2.50. The maximum Gasteiger partial charge on any atom is 0.257 e. The van der Waals surface area contributed by atoms with Gasteiger partial charge in [0.2, 0.25) is 0 Å². The third-order valence-corrected chi connectivity index (χ3v) is 5.03. The number of nitrogens with zero attached hydrogens (tertiary/aromatic N) is 1. The highest BCUT2D eigenvalue weighted by Gasteiger charge is 2.11. The molecule has 0 aliphatic carbocycles. The van der Waals surface area contributed by atoms with E-state index >= 15 is 0 Å². The fourth-order valence-corrected chi connectivity index (χ4v) is 3.37. The van der Waals surface area contributed by atoms with Crippen LogP contribution in [0.25, 0.3) is 10.2 Å². The van der Waals surface area contributed by atoms with Gasteiger partial charge in [0.05, 0.1) is 10.2 Å². The average molecular weight is 382 g/mol. The van der Waals surface area contributed by atoms with Crippen molar-refractivity contribution in [3.05, 3.63) is 57.0 Å². The van der Waals surface area contributed by atoms with Crippen LogP contribution in [0, 0.1) is 6.92 Å². The zero-order valence-corrected chi connectivity index (χ0v) is 14.1. The number of anilines is 1. The van der Waals surface area contributed by atoms with Crippen molar-refractivity contribution in [3.63, 3.8) is 0 Å². The lowest BCUT2D eigenvalue weighted by Gasteiger charge is -2.03. The monoisotopic (exact) mass is 380 g/mol. The summed E-state index contributed by atoms with van der Waals surface area (Å²) in [6.07, 6.45) is 0. The van der Waals surface area contributed by atoms with E-state index in [2.05, 4.69) is 26.2 Å². The van der Waals surface area contributed by atoms with E-state index in [0.717, 1.165) is 20.3 Å². The van der Waals surface area contributed by atoms with E-state index in [-0.39, 0.29) is 5.91 Å². The molecule has 1 aromatic heterocycles. The molecule has 0 unspecified atom stereocenters. The maximum atomic E-state index is 12.2. The van der Waals surface area contributed by atoms with Gasteiger partial charge in [-0.05, 0) is 42.8 Å². The van der Waals surface area contributed by atoms with Gasteiger partial charge in [0, 0.05) is 15.1 Å². The quantitative estimate of drug-likeness (QED) is 0.657. The predicted octanol–water partition coefficient (Wildman–Crippen LogP) is 5.27. The second-order valence-corrected chi connectivity index (χ2v) is 6.87. The first-order valence-corrected chi connectivity index (χ1v) is 8.15. The minimum atomic E-state index is -0.180. The molecule has 6 heteroatoms. The molecule has 1 heterocycles. The lowest BCUT2D eigenvalue weighted by molar-refractivity contribution is 0.102. The van der Waals surface area contributed by atoms with Gasteiger partial charge in [-0.15, -0.1) is 0 Å². The number of hydrogen-bond acceptors (Lipinski definition) is 3. The SMILES string of the molecule is Cc1ccc(C(=O)Nc2nc3ccc(Cl)cc3s2)cc1Br. The topological polar surface area (TPSA) is 42.0 Å². The van der Waals surface area contributed by atoms with Crippen LogP contribution in [-0.4, -0.2) is 10.9 Å². The molecule has 21 heavy (non-hydrogen) atoms. The van der Waals surface area contributed by atoms with Crippen LogP contribution in [0.1, 0.15) is 15.9 Å². The Hall–Kier alpha value is -1.43. The molecule has 3 aromatic rings. The lowest BCUT2D eigenvalue weighted by Crippen LogP contribution is -2.11. The summed E-state index contributed by atoms with van der Waals surface area (Å²) in [5, 5.41) is 4.04. The van der Waals surface area contributed by atoms with E-state index in [0.29, 0.717) is 15.7 Å². The second kappa shape index (κ2) is 5.75. The molecule has 106 valence electrons. The Labute approximate surface area is 139 Å². The number of benzene rings is 2. The number of hydrogen-bond donors (Lipinski definition) is 1. The highest BCUT2D eigenvalue weighted by molar-refractivity contribution is 9.10. The summed E-state index contributed by atoms with van der Waals surface area (Å²) >= 11 is 10.8. The van der Waals surface area contributed by atoms with Crippen molar-refractivity contribution in [1.82, 2.24) is 4.98 Å². The summed E-state index contributed by atoms with van der Waals surface area (Å²) in [7, 11) is 0. The van der Waals surface area contributed by atoms with Crippen LogP contribution in [0.2, 0.25) is 5.02 Å².